The zero-order valence-corrected chi connectivity index (χ0v) is 15.2. The molecule has 0 atom stereocenters. The molecule has 2 aromatic carbocycles. The zero-order valence-electron chi connectivity index (χ0n) is 15.2. The Morgan fingerprint density at radius 3 is 2.56 bits per heavy atom. The van der Waals surface area contributed by atoms with Gasteiger partial charge in [-0.1, -0.05) is 25.1 Å². The highest BCUT2D eigenvalue weighted by Gasteiger charge is 2.30. The third-order valence-electron chi connectivity index (χ3n) is 5.18. The fourth-order valence-corrected chi connectivity index (χ4v) is 3.54. The third kappa shape index (κ3) is 3.74. The number of fused-ring (bicyclic) bond motifs is 1. The van der Waals surface area contributed by atoms with Gasteiger partial charge < -0.3 is 9.52 Å². The molecule has 1 fully saturated rings. The van der Waals surface area contributed by atoms with Crippen LogP contribution in [0.15, 0.2) is 51.7 Å². The fourth-order valence-electron chi connectivity index (χ4n) is 3.54. The summed E-state index contributed by atoms with van der Waals surface area (Å²) in [5.74, 6) is -0.0746. The minimum Gasteiger partial charge on any atom is -0.508 e. The Balaban J connectivity index is 1.72. The minimum absolute atomic E-state index is 0.135. The van der Waals surface area contributed by atoms with Crippen LogP contribution in [0.3, 0.4) is 0 Å². The number of hydrogen-bond acceptors (Lipinski definition) is 4. The van der Waals surface area contributed by atoms with Gasteiger partial charge in [-0.25, -0.2) is 9.18 Å². The minimum atomic E-state index is -0.442. The highest BCUT2D eigenvalue weighted by molar-refractivity contribution is 5.82. The quantitative estimate of drug-likeness (QED) is 0.658. The second kappa shape index (κ2) is 7.16. The normalized spacial score (nSPS) is 14.2. The molecular formula is C22H22FNO3. The van der Waals surface area contributed by atoms with Crippen LogP contribution in [0.1, 0.15) is 36.5 Å². The topological polar surface area (TPSA) is 53.7 Å². The van der Waals surface area contributed by atoms with E-state index in [-0.39, 0.29) is 11.6 Å². The lowest BCUT2D eigenvalue weighted by Gasteiger charge is -2.23. The maximum atomic E-state index is 14.1. The average molecular weight is 367 g/mol. The van der Waals surface area contributed by atoms with Crippen molar-refractivity contribution in [3.05, 3.63) is 75.4 Å². The van der Waals surface area contributed by atoms with E-state index in [0.717, 1.165) is 29.4 Å². The molecule has 3 aromatic rings. The second-order valence-electron chi connectivity index (χ2n) is 7.15. The molecule has 0 bridgehead atoms. The molecule has 27 heavy (non-hydrogen) atoms. The summed E-state index contributed by atoms with van der Waals surface area (Å²) in [6.07, 6.45) is 2.84. The van der Waals surface area contributed by atoms with Crippen LogP contribution in [0, 0.1) is 5.82 Å². The Morgan fingerprint density at radius 2 is 1.85 bits per heavy atom. The van der Waals surface area contributed by atoms with Crippen LogP contribution >= 0.6 is 0 Å². The van der Waals surface area contributed by atoms with Gasteiger partial charge in [-0.15, -0.1) is 0 Å². The molecule has 4 nitrogen and oxygen atoms in total. The number of hydrogen-bond donors (Lipinski definition) is 1. The average Bonchev–Trinajstić information content (AvgIpc) is 3.47. The van der Waals surface area contributed by atoms with Crippen LogP contribution in [-0.2, 0) is 19.5 Å². The number of aromatic hydroxyl groups is 1. The first-order valence-corrected chi connectivity index (χ1v) is 9.31. The van der Waals surface area contributed by atoms with Crippen molar-refractivity contribution in [3.63, 3.8) is 0 Å². The van der Waals surface area contributed by atoms with Gasteiger partial charge in [0, 0.05) is 42.2 Å². The highest BCUT2D eigenvalue weighted by Crippen LogP contribution is 2.33. The molecule has 1 aromatic heterocycles. The fraction of sp³-hybridized carbons (Fsp3) is 0.318. The summed E-state index contributed by atoms with van der Waals surface area (Å²) in [4.78, 5) is 14.2. The molecule has 1 heterocycles. The van der Waals surface area contributed by atoms with E-state index in [9.17, 15) is 14.3 Å². The Hall–Kier alpha value is -2.66. The molecule has 0 saturated heterocycles. The molecule has 1 aliphatic carbocycles. The van der Waals surface area contributed by atoms with Gasteiger partial charge in [0.25, 0.3) is 0 Å². The lowest BCUT2D eigenvalue weighted by atomic mass is 10.0. The van der Waals surface area contributed by atoms with E-state index in [1.807, 2.05) is 19.1 Å². The molecule has 4 rings (SSSR count). The van der Waals surface area contributed by atoms with Crippen LogP contribution in [0.2, 0.25) is 0 Å². The lowest BCUT2D eigenvalue weighted by Crippen LogP contribution is -2.26. The van der Waals surface area contributed by atoms with Gasteiger partial charge in [-0.05, 0) is 42.5 Å². The molecule has 0 spiro atoms. The van der Waals surface area contributed by atoms with Crippen molar-refractivity contribution in [2.24, 2.45) is 0 Å². The number of halogens is 1. The first-order valence-electron chi connectivity index (χ1n) is 9.31. The standard InChI is InChI=1S/C22H22FNO3/c1-2-14-9-18-16(10-22(26)27-21(18)11-20(14)25)13-24(17-7-8-17)12-15-5-3-4-6-19(15)23/h3-6,9-11,17,25H,2,7-8,12-13H2,1H3. The van der Waals surface area contributed by atoms with E-state index in [2.05, 4.69) is 4.90 Å². The van der Waals surface area contributed by atoms with Crippen molar-refractivity contribution in [3.8, 4) is 5.75 Å². The van der Waals surface area contributed by atoms with Crippen LogP contribution < -0.4 is 5.63 Å². The summed E-state index contributed by atoms with van der Waals surface area (Å²) in [6, 6.07) is 12.1. The maximum absolute atomic E-state index is 14.1. The zero-order chi connectivity index (χ0) is 19.0. The lowest BCUT2D eigenvalue weighted by molar-refractivity contribution is 0.242. The predicted molar refractivity (Wildman–Crippen MR) is 102 cm³/mol. The Morgan fingerprint density at radius 1 is 1.11 bits per heavy atom. The molecule has 5 heteroatoms. The second-order valence-corrected chi connectivity index (χ2v) is 7.15. The highest BCUT2D eigenvalue weighted by atomic mass is 19.1. The summed E-state index contributed by atoms with van der Waals surface area (Å²) in [5, 5.41) is 10.9. The van der Waals surface area contributed by atoms with Gasteiger partial charge >= 0.3 is 5.63 Å². The van der Waals surface area contributed by atoms with Crippen molar-refractivity contribution in [2.75, 3.05) is 0 Å². The van der Waals surface area contributed by atoms with Gasteiger partial charge in [0.2, 0.25) is 0 Å². The SMILES string of the molecule is CCc1cc2c(CN(Cc3ccccc3F)C3CC3)cc(=O)oc2cc1O. The largest absolute Gasteiger partial charge is 0.508 e. The molecule has 1 N–H and O–H groups in total. The van der Waals surface area contributed by atoms with Crippen molar-refractivity contribution < 1.29 is 13.9 Å². The maximum Gasteiger partial charge on any atom is 0.336 e. The molecule has 0 unspecified atom stereocenters. The molecule has 0 aliphatic heterocycles. The van der Waals surface area contributed by atoms with E-state index in [1.165, 1.54) is 18.2 Å². The molecule has 0 amide bonds. The van der Waals surface area contributed by atoms with Crippen molar-refractivity contribution in [1.82, 2.24) is 4.90 Å². The third-order valence-corrected chi connectivity index (χ3v) is 5.18. The van der Waals surface area contributed by atoms with Crippen LogP contribution in [0.4, 0.5) is 4.39 Å². The number of nitrogens with zero attached hydrogens (tertiary/aromatic N) is 1. The Bertz CT molecular complexity index is 1040. The number of rotatable bonds is 6. The molecule has 140 valence electrons. The smallest absolute Gasteiger partial charge is 0.336 e. The van der Waals surface area contributed by atoms with Gasteiger partial charge in [0.05, 0.1) is 0 Å². The summed E-state index contributed by atoms with van der Waals surface area (Å²) >= 11 is 0. The van der Waals surface area contributed by atoms with E-state index in [0.29, 0.717) is 36.7 Å². The van der Waals surface area contributed by atoms with Gasteiger partial charge in [-0.3, -0.25) is 4.90 Å². The first-order chi connectivity index (χ1) is 13.0. The first kappa shape index (κ1) is 17.7. The van der Waals surface area contributed by atoms with Gasteiger partial charge in [-0.2, -0.15) is 0 Å². The van der Waals surface area contributed by atoms with Crippen molar-refractivity contribution in [1.29, 1.82) is 0 Å². The number of phenols is 1. The number of benzene rings is 2. The summed E-state index contributed by atoms with van der Waals surface area (Å²) < 4.78 is 19.4. The van der Waals surface area contributed by atoms with E-state index >= 15 is 0 Å². The van der Waals surface area contributed by atoms with E-state index in [4.69, 9.17) is 4.42 Å². The summed E-state index contributed by atoms with van der Waals surface area (Å²) in [7, 11) is 0. The van der Waals surface area contributed by atoms with E-state index in [1.54, 1.807) is 12.1 Å². The Labute approximate surface area is 156 Å². The monoisotopic (exact) mass is 367 g/mol. The van der Waals surface area contributed by atoms with E-state index < -0.39 is 5.63 Å². The molecular weight excluding hydrogens is 345 g/mol. The van der Waals surface area contributed by atoms with Crippen LogP contribution in [0.5, 0.6) is 5.75 Å². The predicted octanol–water partition coefficient (Wildman–Crippen LogP) is 4.36. The Kier molecular flexibility index (Phi) is 4.70. The van der Waals surface area contributed by atoms with Crippen LogP contribution in [0.25, 0.3) is 11.0 Å². The van der Waals surface area contributed by atoms with Gasteiger partial charge in [0.1, 0.15) is 17.1 Å². The van der Waals surface area contributed by atoms with Crippen molar-refractivity contribution in [2.45, 2.75) is 45.3 Å². The van der Waals surface area contributed by atoms with Crippen molar-refractivity contribution >= 4 is 11.0 Å². The number of phenolic OH excluding ortho intramolecular Hbond substituents is 1. The molecule has 1 saturated carbocycles. The van der Waals surface area contributed by atoms with Gasteiger partial charge in [0.15, 0.2) is 0 Å². The number of aryl methyl sites for hydroxylation is 1. The summed E-state index contributed by atoms with van der Waals surface area (Å²) in [5.41, 5.74) is 2.25. The van der Waals surface area contributed by atoms with Crippen LogP contribution in [-0.4, -0.2) is 16.0 Å². The summed E-state index contributed by atoms with van der Waals surface area (Å²) in [6.45, 7) is 3.00. The molecule has 0 radical (unpaired) electrons. The molecule has 1 aliphatic rings.